The number of hydrogen-bond acceptors (Lipinski definition) is 0. The summed E-state index contributed by atoms with van der Waals surface area (Å²) in [5.41, 5.74) is -4.34. The summed E-state index contributed by atoms with van der Waals surface area (Å²) in [5, 5.41) is 0. The third-order valence-corrected chi connectivity index (χ3v) is 6.52. The van der Waals surface area contributed by atoms with Crippen LogP contribution in [0.2, 0.25) is 0 Å². The number of fused-ring (bicyclic) bond motifs is 1. The summed E-state index contributed by atoms with van der Waals surface area (Å²) in [5.74, 6) is -62.3. The van der Waals surface area contributed by atoms with Gasteiger partial charge in [-0.1, -0.05) is 27.7 Å². The van der Waals surface area contributed by atoms with Crippen LogP contribution in [0.5, 0.6) is 0 Å². The van der Waals surface area contributed by atoms with Crippen molar-refractivity contribution in [3.8, 4) is 0 Å². The summed E-state index contributed by atoms with van der Waals surface area (Å²) in [6, 6.07) is 0. The van der Waals surface area contributed by atoms with Gasteiger partial charge in [0.05, 0.1) is 11.3 Å². The summed E-state index contributed by atoms with van der Waals surface area (Å²) in [6.45, 7) is 1.90. The Bertz CT molecular complexity index is 689. The molecule has 2 saturated carbocycles. The molecule has 0 heterocycles. The average molecular weight is 474 g/mol. The van der Waals surface area contributed by atoms with Crippen molar-refractivity contribution < 1.29 is 61.5 Å². The van der Waals surface area contributed by atoms with Crippen LogP contribution in [0.25, 0.3) is 0 Å². The minimum Gasteiger partial charge on any atom is -0.199 e. The predicted molar refractivity (Wildman–Crippen MR) is 73.7 cm³/mol. The van der Waals surface area contributed by atoms with Crippen LogP contribution in [-0.4, -0.2) is 41.5 Å². The van der Waals surface area contributed by atoms with Gasteiger partial charge in [-0.3, -0.25) is 0 Å². The Hall–Kier alpha value is -0.980. The third kappa shape index (κ3) is 2.11. The molecule has 0 aliphatic heterocycles. The topological polar surface area (TPSA) is 0 Å². The number of halogens is 14. The summed E-state index contributed by atoms with van der Waals surface area (Å²) in [4.78, 5) is 0. The van der Waals surface area contributed by atoms with Gasteiger partial charge in [0.1, 0.15) is 5.92 Å². The summed E-state index contributed by atoms with van der Waals surface area (Å²) in [7, 11) is 0. The Morgan fingerprint density at radius 1 is 0.400 bits per heavy atom. The van der Waals surface area contributed by atoms with Crippen molar-refractivity contribution in [3.63, 3.8) is 0 Å². The first kappa shape index (κ1) is 25.3. The first-order valence-electron chi connectivity index (χ1n) is 8.52. The van der Waals surface area contributed by atoms with E-state index in [1.165, 1.54) is 0 Å². The van der Waals surface area contributed by atoms with Crippen LogP contribution in [0.4, 0.5) is 61.5 Å². The lowest BCUT2D eigenvalue weighted by Gasteiger charge is -2.66. The molecule has 0 radical (unpaired) electrons. The fourth-order valence-electron chi connectivity index (χ4n) is 5.22. The number of alkyl halides is 14. The second-order valence-corrected chi connectivity index (χ2v) is 8.36. The molecule has 0 spiro atoms. The van der Waals surface area contributed by atoms with E-state index in [0.717, 1.165) is 0 Å². The Morgan fingerprint density at radius 3 is 0.900 bits per heavy atom. The minimum absolute atomic E-state index is 0.476. The molecular formula is C16H16F14. The van der Waals surface area contributed by atoms with Crippen molar-refractivity contribution in [3.05, 3.63) is 0 Å². The maximum Gasteiger partial charge on any atom is 0.378 e. The van der Waals surface area contributed by atoms with E-state index in [2.05, 4.69) is 0 Å². The van der Waals surface area contributed by atoms with E-state index in [-0.39, 0.29) is 0 Å². The van der Waals surface area contributed by atoms with Gasteiger partial charge < -0.3 is 0 Å². The van der Waals surface area contributed by atoms with Crippen LogP contribution < -0.4 is 0 Å². The summed E-state index contributed by atoms with van der Waals surface area (Å²) in [6.07, 6.45) is 0. The third-order valence-electron chi connectivity index (χ3n) is 6.52. The maximum atomic E-state index is 14.9. The molecule has 0 nitrogen and oxygen atoms in total. The van der Waals surface area contributed by atoms with Crippen molar-refractivity contribution in [1.82, 2.24) is 0 Å². The molecule has 2 aliphatic rings. The van der Waals surface area contributed by atoms with Crippen molar-refractivity contribution in [1.29, 1.82) is 0 Å². The molecule has 2 unspecified atom stereocenters. The zero-order chi connectivity index (χ0) is 24.3. The van der Waals surface area contributed by atoms with Crippen LogP contribution in [0.1, 0.15) is 27.7 Å². The molecule has 0 saturated heterocycles. The molecule has 2 rings (SSSR count). The van der Waals surface area contributed by atoms with Crippen LogP contribution in [0.3, 0.4) is 0 Å². The smallest absolute Gasteiger partial charge is 0.199 e. The van der Waals surface area contributed by atoms with Gasteiger partial charge in [-0.25, -0.2) is 0 Å². The van der Waals surface area contributed by atoms with Crippen LogP contribution in [0, 0.1) is 29.1 Å². The highest BCUT2D eigenvalue weighted by atomic mass is 19.4. The first-order valence-corrected chi connectivity index (χ1v) is 8.52. The van der Waals surface area contributed by atoms with Gasteiger partial charge in [-0.15, -0.1) is 0 Å². The van der Waals surface area contributed by atoms with Gasteiger partial charge in [0, 0.05) is 0 Å². The molecule has 0 amide bonds. The van der Waals surface area contributed by atoms with Gasteiger partial charge >= 0.3 is 41.5 Å². The minimum atomic E-state index is -7.24. The van der Waals surface area contributed by atoms with Crippen LogP contribution >= 0.6 is 0 Å². The molecule has 0 aromatic carbocycles. The Kier molecular flexibility index (Phi) is 4.95. The van der Waals surface area contributed by atoms with Crippen molar-refractivity contribution in [2.75, 3.05) is 0 Å². The van der Waals surface area contributed by atoms with Crippen LogP contribution in [-0.2, 0) is 0 Å². The lowest BCUT2D eigenvalue weighted by Crippen LogP contribution is -2.86. The van der Waals surface area contributed by atoms with Gasteiger partial charge in [0.15, 0.2) is 0 Å². The standard InChI is InChI=1S/C16H16F14/c1-5(2)9(6(3)4)7-8(11(19,20)14(25,26)13(9,23)24)12(21,22)16(29,30)15(27,28)10(7,17)18/h5-8H,1-4H3. The monoisotopic (exact) mass is 474 g/mol. The maximum absolute atomic E-state index is 14.9. The fourth-order valence-corrected chi connectivity index (χ4v) is 5.22. The first-order chi connectivity index (χ1) is 12.9. The molecule has 14 heteroatoms. The Morgan fingerprint density at radius 2 is 0.633 bits per heavy atom. The largest absolute Gasteiger partial charge is 0.378 e. The van der Waals surface area contributed by atoms with Crippen LogP contribution in [0.15, 0.2) is 0 Å². The lowest BCUT2D eigenvalue weighted by atomic mass is 9.43. The highest BCUT2D eigenvalue weighted by Crippen LogP contribution is 2.79. The van der Waals surface area contributed by atoms with Crippen molar-refractivity contribution >= 4 is 0 Å². The van der Waals surface area contributed by atoms with E-state index in [9.17, 15) is 61.5 Å². The molecule has 0 aromatic heterocycles. The predicted octanol–water partition coefficient (Wildman–Crippen LogP) is 6.99. The van der Waals surface area contributed by atoms with E-state index in [1.807, 2.05) is 0 Å². The number of hydrogen-bond donors (Lipinski definition) is 0. The van der Waals surface area contributed by atoms with Gasteiger partial charge in [-0.2, -0.15) is 61.5 Å². The van der Waals surface area contributed by atoms with Gasteiger partial charge in [0.25, 0.3) is 0 Å². The van der Waals surface area contributed by atoms with Gasteiger partial charge in [-0.05, 0) is 11.8 Å². The van der Waals surface area contributed by atoms with E-state index >= 15 is 0 Å². The van der Waals surface area contributed by atoms with Crippen molar-refractivity contribution in [2.45, 2.75) is 69.2 Å². The Balaban J connectivity index is 3.18. The van der Waals surface area contributed by atoms with E-state index < -0.39 is 70.5 Å². The fraction of sp³-hybridized carbons (Fsp3) is 1.00. The number of rotatable bonds is 2. The average Bonchev–Trinajstić information content (AvgIpc) is 2.50. The normalized spacial score (nSPS) is 36.4. The molecular weight excluding hydrogens is 458 g/mol. The molecule has 0 N–H and O–H groups in total. The highest BCUT2D eigenvalue weighted by Gasteiger charge is 3.01. The zero-order valence-corrected chi connectivity index (χ0v) is 15.6. The molecule has 2 atom stereocenters. The zero-order valence-electron chi connectivity index (χ0n) is 15.6. The van der Waals surface area contributed by atoms with E-state index in [1.54, 1.807) is 0 Å². The summed E-state index contributed by atoms with van der Waals surface area (Å²) < 4.78 is 200. The molecule has 0 aromatic rings. The quantitative estimate of drug-likeness (QED) is 0.379. The second-order valence-electron chi connectivity index (χ2n) is 8.36. The van der Waals surface area contributed by atoms with E-state index in [4.69, 9.17) is 0 Å². The molecule has 0 bridgehead atoms. The highest BCUT2D eigenvalue weighted by molar-refractivity contribution is 5.29. The van der Waals surface area contributed by atoms with Gasteiger partial charge in [0.2, 0.25) is 0 Å². The molecule has 2 aliphatic carbocycles. The SMILES string of the molecule is CC(C)C1(C(C)C)C2C(C(F)(F)C(F)(F)C(F)(F)C2(F)F)C(F)(F)C(F)(F)C1(F)F. The molecule has 2 fully saturated rings. The second kappa shape index (κ2) is 5.87. The summed E-state index contributed by atoms with van der Waals surface area (Å²) >= 11 is 0. The molecule has 178 valence electrons. The van der Waals surface area contributed by atoms with E-state index in [0.29, 0.717) is 27.7 Å². The van der Waals surface area contributed by atoms with Crippen molar-refractivity contribution in [2.24, 2.45) is 29.1 Å². The molecule has 30 heavy (non-hydrogen) atoms. The lowest BCUT2D eigenvalue weighted by molar-refractivity contribution is -0.510. The Labute approximate surface area is 161 Å².